The molecule has 1 aromatic rings. The van der Waals surface area contributed by atoms with Gasteiger partial charge in [0.05, 0.1) is 7.11 Å². The number of carbonyl (C=O) groups is 1. The van der Waals surface area contributed by atoms with Gasteiger partial charge in [0, 0.05) is 4.92 Å². The molecule has 0 aliphatic heterocycles. The fourth-order valence-electron chi connectivity index (χ4n) is 1.38. The fraction of sp³-hybridized carbons (Fsp3) is 0.364. The van der Waals surface area contributed by atoms with Crippen LogP contribution in [0.3, 0.4) is 0 Å². The van der Waals surface area contributed by atoms with Crippen molar-refractivity contribution in [1.29, 1.82) is 0 Å². The summed E-state index contributed by atoms with van der Waals surface area (Å²) in [4.78, 5) is 21.1. The molecule has 0 bridgehead atoms. The number of hydrogen-bond acceptors (Lipinski definition) is 4. The van der Waals surface area contributed by atoms with Crippen molar-refractivity contribution in [3.05, 3.63) is 45.5 Å². The number of benzene rings is 1. The quantitative estimate of drug-likeness (QED) is 0.639. The lowest BCUT2D eigenvalue weighted by atomic mass is 10.1. The molecule has 0 fully saturated rings. The summed E-state index contributed by atoms with van der Waals surface area (Å²) in [5.74, 6) is 0. The highest BCUT2D eigenvalue weighted by molar-refractivity contribution is 5.67. The van der Waals surface area contributed by atoms with Crippen LogP contribution in [0.15, 0.2) is 24.3 Å². The van der Waals surface area contributed by atoms with Crippen LogP contribution in [-0.4, -0.2) is 24.7 Å². The molecule has 0 heterocycles. The normalized spacial score (nSPS) is 11.6. The van der Waals surface area contributed by atoms with Crippen molar-refractivity contribution in [1.82, 2.24) is 5.32 Å². The third-order valence-electron chi connectivity index (χ3n) is 2.29. The van der Waals surface area contributed by atoms with Crippen LogP contribution in [0.25, 0.3) is 0 Å². The third-order valence-corrected chi connectivity index (χ3v) is 2.29. The van der Waals surface area contributed by atoms with Gasteiger partial charge in [-0.15, -0.1) is 0 Å². The predicted octanol–water partition coefficient (Wildman–Crippen LogP) is 1.67. The van der Waals surface area contributed by atoms with Gasteiger partial charge < -0.3 is 10.1 Å². The van der Waals surface area contributed by atoms with E-state index < -0.39 is 17.1 Å². The molecule has 0 saturated heterocycles. The van der Waals surface area contributed by atoms with Gasteiger partial charge in [0.25, 0.3) is 0 Å². The highest BCUT2D eigenvalue weighted by Crippen LogP contribution is 2.14. The summed E-state index contributed by atoms with van der Waals surface area (Å²) < 4.78 is 4.43. The minimum atomic E-state index is -0.683. The van der Waals surface area contributed by atoms with Gasteiger partial charge in [0.1, 0.15) is 6.04 Å². The average molecular weight is 238 g/mol. The molecule has 0 aliphatic rings. The van der Waals surface area contributed by atoms with E-state index in [-0.39, 0.29) is 6.54 Å². The minimum Gasteiger partial charge on any atom is -0.453 e. The Bertz CT molecular complexity index is 402. The van der Waals surface area contributed by atoms with Crippen molar-refractivity contribution in [3.8, 4) is 0 Å². The van der Waals surface area contributed by atoms with Crippen LogP contribution in [0.2, 0.25) is 0 Å². The maximum Gasteiger partial charge on any atom is 0.407 e. The SMILES string of the molecule is COC(=O)N[C@@H](C[N+](=O)[O-])c1ccc(C)cc1. The molecule has 1 amide bonds. The van der Waals surface area contributed by atoms with Crippen molar-refractivity contribution in [2.75, 3.05) is 13.7 Å². The number of methoxy groups -OCH3 is 1. The number of hydrogen-bond donors (Lipinski definition) is 1. The Morgan fingerprint density at radius 2 is 2.06 bits per heavy atom. The van der Waals surface area contributed by atoms with E-state index in [1.165, 1.54) is 7.11 Å². The smallest absolute Gasteiger partial charge is 0.407 e. The molecular weight excluding hydrogens is 224 g/mol. The Balaban J connectivity index is 2.85. The molecule has 0 saturated carbocycles. The molecule has 92 valence electrons. The van der Waals surface area contributed by atoms with Crippen LogP contribution in [0.5, 0.6) is 0 Å². The zero-order valence-electron chi connectivity index (χ0n) is 9.67. The van der Waals surface area contributed by atoms with Crippen molar-refractivity contribution >= 4 is 6.09 Å². The summed E-state index contributed by atoms with van der Waals surface area (Å²) in [6, 6.07) is 6.49. The molecule has 0 aromatic heterocycles. The van der Waals surface area contributed by atoms with Gasteiger partial charge in [0.2, 0.25) is 6.54 Å². The maximum absolute atomic E-state index is 11.1. The van der Waals surface area contributed by atoms with E-state index in [4.69, 9.17) is 0 Å². The summed E-state index contributed by atoms with van der Waals surface area (Å²) in [7, 11) is 1.22. The van der Waals surface area contributed by atoms with Crippen LogP contribution in [0.4, 0.5) is 4.79 Å². The van der Waals surface area contributed by atoms with Crippen LogP contribution in [0.1, 0.15) is 17.2 Å². The first kappa shape index (κ1) is 13.0. The van der Waals surface area contributed by atoms with E-state index in [0.717, 1.165) is 5.56 Å². The number of alkyl carbamates (subject to hydrolysis) is 1. The zero-order chi connectivity index (χ0) is 12.8. The molecule has 1 atom stereocenters. The molecule has 17 heavy (non-hydrogen) atoms. The molecule has 1 aromatic carbocycles. The topological polar surface area (TPSA) is 81.5 Å². The number of aryl methyl sites for hydroxylation is 1. The molecule has 1 N–H and O–H groups in total. The molecule has 0 radical (unpaired) electrons. The Morgan fingerprint density at radius 3 is 2.53 bits per heavy atom. The zero-order valence-corrected chi connectivity index (χ0v) is 9.67. The number of amides is 1. The first-order valence-electron chi connectivity index (χ1n) is 5.05. The summed E-state index contributed by atoms with van der Waals surface area (Å²) in [5.41, 5.74) is 1.73. The van der Waals surface area contributed by atoms with E-state index in [2.05, 4.69) is 10.1 Å². The number of nitrogens with one attached hydrogen (secondary N) is 1. The number of ether oxygens (including phenoxy) is 1. The Labute approximate surface area is 98.7 Å². The molecule has 6 nitrogen and oxygen atoms in total. The summed E-state index contributed by atoms with van der Waals surface area (Å²) in [6.07, 6.45) is -0.683. The monoisotopic (exact) mass is 238 g/mol. The van der Waals surface area contributed by atoms with Gasteiger partial charge in [-0.3, -0.25) is 10.1 Å². The van der Waals surface area contributed by atoms with Crippen LogP contribution < -0.4 is 5.32 Å². The number of carbonyl (C=O) groups excluding carboxylic acids is 1. The second-order valence-electron chi connectivity index (χ2n) is 3.61. The van der Waals surface area contributed by atoms with Crippen LogP contribution in [0, 0.1) is 17.0 Å². The van der Waals surface area contributed by atoms with Gasteiger partial charge in [0.15, 0.2) is 0 Å². The minimum absolute atomic E-state index is 0.377. The van der Waals surface area contributed by atoms with Gasteiger partial charge in [-0.2, -0.15) is 0 Å². The standard InChI is InChI=1S/C11H14N2O4/c1-8-3-5-9(6-4-8)10(7-13(15)16)12-11(14)17-2/h3-6,10H,7H2,1-2H3,(H,12,14)/t10-/m0/s1. The van der Waals surface area contributed by atoms with Crippen molar-refractivity contribution < 1.29 is 14.5 Å². The van der Waals surface area contributed by atoms with Crippen molar-refractivity contribution in [3.63, 3.8) is 0 Å². The number of rotatable bonds is 4. The second kappa shape index (κ2) is 5.83. The predicted molar refractivity (Wildman–Crippen MR) is 61.3 cm³/mol. The first-order valence-corrected chi connectivity index (χ1v) is 5.05. The van der Waals surface area contributed by atoms with Gasteiger partial charge in [-0.05, 0) is 12.5 Å². The lowest BCUT2D eigenvalue weighted by Crippen LogP contribution is -2.32. The van der Waals surface area contributed by atoms with Gasteiger partial charge in [-0.25, -0.2) is 4.79 Å². The van der Waals surface area contributed by atoms with Crippen LogP contribution in [-0.2, 0) is 4.74 Å². The molecule has 1 rings (SSSR count). The van der Waals surface area contributed by atoms with Gasteiger partial charge >= 0.3 is 6.09 Å². The number of nitro groups is 1. The van der Waals surface area contributed by atoms with Crippen LogP contribution >= 0.6 is 0 Å². The average Bonchev–Trinajstić information content (AvgIpc) is 2.28. The highest BCUT2D eigenvalue weighted by Gasteiger charge is 2.20. The van der Waals surface area contributed by atoms with E-state index in [9.17, 15) is 14.9 Å². The molecule has 0 unspecified atom stereocenters. The summed E-state index contributed by atoms with van der Waals surface area (Å²) >= 11 is 0. The Hall–Kier alpha value is -2.11. The lowest BCUT2D eigenvalue weighted by Gasteiger charge is -2.14. The highest BCUT2D eigenvalue weighted by atomic mass is 16.6. The fourth-order valence-corrected chi connectivity index (χ4v) is 1.38. The summed E-state index contributed by atoms with van der Waals surface area (Å²) in [6.45, 7) is 1.54. The maximum atomic E-state index is 11.1. The summed E-state index contributed by atoms with van der Waals surface area (Å²) in [5, 5.41) is 13.0. The van der Waals surface area contributed by atoms with Gasteiger partial charge in [-0.1, -0.05) is 29.8 Å². The van der Waals surface area contributed by atoms with E-state index in [1.54, 1.807) is 12.1 Å². The number of nitrogens with zero attached hydrogens (tertiary/aromatic N) is 1. The lowest BCUT2D eigenvalue weighted by molar-refractivity contribution is -0.484. The third kappa shape index (κ3) is 4.10. The van der Waals surface area contributed by atoms with Crippen molar-refractivity contribution in [2.24, 2.45) is 0 Å². The molecular formula is C11H14N2O4. The Kier molecular flexibility index (Phi) is 4.45. The van der Waals surface area contributed by atoms with E-state index in [0.29, 0.717) is 5.56 Å². The second-order valence-corrected chi connectivity index (χ2v) is 3.61. The molecule has 0 aliphatic carbocycles. The van der Waals surface area contributed by atoms with E-state index >= 15 is 0 Å². The largest absolute Gasteiger partial charge is 0.453 e. The Morgan fingerprint density at radius 1 is 1.47 bits per heavy atom. The van der Waals surface area contributed by atoms with Crippen molar-refractivity contribution in [2.45, 2.75) is 13.0 Å². The molecule has 6 heteroatoms. The molecule has 0 spiro atoms. The van der Waals surface area contributed by atoms with E-state index in [1.807, 2.05) is 19.1 Å². The first-order chi connectivity index (χ1) is 8.02.